The highest BCUT2D eigenvalue weighted by atomic mass is 16.5. The van der Waals surface area contributed by atoms with Gasteiger partial charge in [-0.15, -0.1) is 0 Å². The van der Waals surface area contributed by atoms with Gasteiger partial charge in [0.15, 0.2) is 46.0 Å². The number of hydrogen-bond donors (Lipinski definition) is 14. The van der Waals surface area contributed by atoms with Gasteiger partial charge in [0.05, 0.1) is 57.7 Å². The number of phenolic OH excluding ortho intramolecular Hbond substituents is 8. The molecule has 408 valence electrons. The summed E-state index contributed by atoms with van der Waals surface area (Å²) in [4.78, 5) is 109. The van der Waals surface area contributed by atoms with Gasteiger partial charge >= 0.3 is 0 Å². The van der Waals surface area contributed by atoms with Crippen molar-refractivity contribution in [3.63, 3.8) is 0 Å². The number of rotatable bonds is 10. The number of carbonyl (C=O) groups excluding carboxylic acids is 8. The van der Waals surface area contributed by atoms with Crippen LogP contribution in [0.1, 0.15) is 109 Å². The maximum absolute atomic E-state index is 14.2. The molecule has 0 saturated heterocycles. The fraction of sp³-hybridized carbons (Fsp3) is 0.360. The van der Waals surface area contributed by atoms with Crippen molar-refractivity contribution in [1.29, 1.82) is 0 Å². The summed E-state index contributed by atoms with van der Waals surface area (Å²) in [5.74, 6) is -14.1. The average Bonchev–Trinajstić information content (AvgIpc) is 3.40. The monoisotopic (exact) mass is 1060 g/mol. The quantitative estimate of drug-likeness (QED) is 0.0762. The Morgan fingerprint density at radius 1 is 0.421 bits per heavy atom. The zero-order valence-electron chi connectivity index (χ0n) is 41.5. The number of nitrogens with one attached hydrogen (secondary N) is 6. The first-order valence-electron chi connectivity index (χ1n) is 23.8. The van der Waals surface area contributed by atoms with Crippen LogP contribution in [0.2, 0.25) is 0 Å². The number of nitrogens with zero attached hydrogens (tertiary/aromatic N) is 2. The molecule has 0 fully saturated rings. The molecule has 3 aliphatic rings. The molecular formula is C50H60N8O18. The molecule has 8 amide bonds. The molecule has 4 aromatic carbocycles. The van der Waals surface area contributed by atoms with E-state index in [-0.39, 0.29) is 115 Å². The molecular weight excluding hydrogens is 1000 g/mol. The Bertz CT molecular complexity index is 2650. The fourth-order valence-electron chi connectivity index (χ4n) is 7.74. The zero-order valence-corrected chi connectivity index (χ0v) is 41.5. The summed E-state index contributed by atoms with van der Waals surface area (Å²) < 4.78 is 9.84. The van der Waals surface area contributed by atoms with Crippen LogP contribution in [-0.4, -0.2) is 191 Å². The minimum absolute atomic E-state index is 0.0366. The SMILES string of the molecule is COCCNC(=O)c1ccc(C(=O)N2CCCCN(C(=O)c3ccc(C(=O)NCCOC)c(O)c3O)CCCNC(=O)c3ccc(c(O)c3O)C(=O)NCCNC(=O)c3ccc(c(O)c3O)C(=O)NCCC2)c(O)c1O. The molecule has 76 heavy (non-hydrogen) atoms. The van der Waals surface area contributed by atoms with E-state index in [1.54, 1.807) is 0 Å². The number of phenols is 8. The van der Waals surface area contributed by atoms with Crippen molar-refractivity contribution in [3.05, 3.63) is 93.0 Å². The highest BCUT2D eigenvalue weighted by Crippen LogP contribution is 2.37. The molecule has 0 spiro atoms. The Hall–Kier alpha value is -9.04. The lowest BCUT2D eigenvalue weighted by atomic mass is 10.1. The molecule has 0 aromatic heterocycles. The van der Waals surface area contributed by atoms with E-state index in [2.05, 4.69) is 31.9 Å². The zero-order chi connectivity index (χ0) is 55.6. The number of methoxy groups -OCH3 is 2. The summed E-state index contributed by atoms with van der Waals surface area (Å²) >= 11 is 0. The van der Waals surface area contributed by atoms with E-state index in [0.717, 1.165) is 48.5 Å². The maximum Gasteiger partial charge on any atom is 0.257 e. The van der Waals surface area contributed by atoms with Crippen LogP contribution in [-0.2, 0) is 9.47 Å². The molecule has 0 aliphatic carbocycles. The molecule has 0 atom stereocenters. The topological polar surface area (TPSA) is 396 Å². The van der Waals surface area contributed by atoms with Crippen molar-refractivity contribution in [1.82, 2.24) is 41.7 Å². The number of carbonyl (C=O) groups is 8. The predicted octanol–water partition coefficient (Wildman–Crippen LogP) is 0.562. The van der Waals surface area contributed by atoms with Gasteiger partial charge in [0.25, 0.3) is 47.3 Å². The number of hydrogen-bond acceptors (Lipinski definition) is 18. The van der Waals surface area contributed by atoms with Crippen molar-refractivity contribution in [2.75, 3.05) is 92.9 Å². The first kappa shape index (κ1) is 57.9. The Morgan fingerprint density at radius 3 is 1.01 bits per heavy atom. The van der Waals surface area contributed by atoms with Crippen molar-refractivity contribution >= 4 is 47.3 Å². The number of ether oxygens (including phenoxy) is 2. The van der Waals surface area contributed by atoms with Crippen LogP contribution >= 0.6 is 0 Å². The van der Waals surface area contributed by atoms with Crippen LogP contribution in [0.4, 0.5) is 0 Å². The molecule has 26 heteroatoms. The third kappa shape index (κ3) is 14.2. The van der Waals surface area contributed by atoms with E-state index >= 15 is 0 Å². The normalized spacial score (nSPS) is 14.7. The average molecular weight is 1060 g/mol. The van der Waals surface area contributed by atoms with Gasteiger partial charge in [0.2, 0.25) is 0 Å². The smallest absolute Gasteiger partial charge is 0.257 e. The van der Waals surface area contributed by atoms with E-state index in [0.29, 0.717) is 0 Å². The van der Waals surface area contributed by atoms with Crippen LogP contribution in [0.15, 0.2) is 48.5 Å². The standard InChI is InChI=1S/C50H60N8O18/c1-75-25-19-55-47(71)31-11-13-33(41(65)39(31)63)49(73)57-21-3-4-22-58(50(74)34-14-12-32(40(64)42(34)66)48(72)56-20-26-76-2)24-6-16-52-44(68)28-8-10-30(38(62)36(28)60)46(70)54-18-17-53-45(69)29-9-7-27(35(59)37(29)61)43(67)51-15-5-23-57/h7-14,59-66H,3-6,15-26H2,1-2H3,(H,51,67)(H,52,68)(H,53,69)(H,54,70)(H,55,71)(H,56,72). The maximum atomic E-state index is 14.2. The molecule has 0 radical (unpaired) electrons. The number of amides is 8. The van der Waals surface area contributed by atoms with Gasteiger partial charge in [-0.25, -0.2) is 0 Å². The van der Waals surface area contributed by atoms with Crippen molar-refractivity contribution in [2.24, 2.45) is 0 Å². The molecule has 3 heterocycles. The van der Waals surface area contributed by atoms with Crippen LogP contribution in [0.25, 0.3) is 0 Å². The number of fused-ring (bicyclic) bond motifs is 2. The molecule has 14 N–H and O–H groups in total. The van der Waals surface area contributed by atoms with E-state index < -0.39 is 127 Å². The van der Waals surface area contributed by atoms with Gasteiger partial charge < -0.3 is 92.0 Å². The van der Waals surface area contributed by atoms with Crippen LogP contribution < -0.4 is 31.9 Å². The van der Waals surface area contributed by atoms with Gasteiger partial charge in [-0.05, 0) is 74.2 Å². The van der Waals surface area contributed by atoms with Gasteiger partial charge in [0, 0.05) is 79.7 Å². The highest BCUT2D eigenvalue weighted by Gasteiger charge is 2.28. The molecule has 0 saturated carbocycles. The third-order valence-electron chi connectivity index (χ3n) is 11.9. The van der Waals surface area contributed by atoms with Gasteiger partial charge in [-0.2, -0.15) is 0 Å². The van der Waals surface area contributed by atoms with Gasteiger partial charge in [-0.1, -0.05) is 0 Å². The Kier molecular flexibility index (Phi) is 20.8. The Balaban J connectivity index is 1.44. The van der Waals surface area contributed by atoms with Crippen molar-refractivity contribution in [3.8, 4) is 46.0 Å². The van der Waals surface area contributed by atoms with E-state index in [4.69, 9.17) is 9.47 Å². The van der Waals surface area contributed by atoms with Crippen LogP contribution in [0, 0.1) is 0 Å². The van der Waals surface area contributed by atoms with Gasteiger partial charge in [-0.3, -0.25) is 38.4 Å². The van der Waals surface area contributed by atoms with E-state index in [1.807, 2.05) is 0 Å². The summed E-state index contributed by atoms with van der Waals surface area (Å²) in [6.07, 6.45) is 0.337. The van der Waals surface area contributed by atoms with Crippen LogP contribution in [0.5, 0.6) is 46.0 Å². The molecule has 0 unspecified atom stereocenters. The Morgan fingerprint density at radius 2 is 0.697 bits per heavy atom. The van der Waals surface area contributed by atoms with Crippen molar-refractivity contribution in [2.45, 2.75) is 25.7 Å². The lowest BCUT2D eigenvalue weighted by Gasteiger charge is -2.26. The second-order valence-electron chi connectivity index (χ2n) is 17.0. The minimum Gasteiger partial charge on any atom is -0.504 e. The first-order chi connectivity index (χ1) is 36.3. The molecule has 7 rings (SSSR count). The molecule has 4 aromatic rings. The number of aromatic hydroxyl groups is 8. The fourth-order valence-corrected chi connectivity index (χ4v) is 7.74. The Labute approximate surface area is 434 Å². The molecule has 26 nitrogen and oxygen atoms in total. The van der Waals surface area contributed by atoms with E-state index in [9.17, 15) is 79.2 Å². The molecule has 3 aliphatic heterocycles. The summed E-state index contributed by atoms with van der Waals surface area (Å²) in [6.45, 7) is -0.733. The highest BCUT2D eigenvalue weighted by molar-refractivity contribution is 6.06. The van der Waals surface area contributed by atoms with Gasteiger partial charge in [0.1, 0.15) is 0 Å². The lowest BCUT2D eigenvalue weighted by Crippen LogP contribution is -2.37. The third-order valence-corrected chi connectivity index (χ3v) is 11.9. The second-order valence-corrected chi connectivity index (χ2v) is 17.0. The molecule has 4 bridgehead atoms. The first-order valence-corrected chi connectivity index (χ1v) is 23.8. The lowest BCUT2D eigenvalue weighted by molar-refractivity contribution is 0.0714. The van der Waals surface area contributed by atoms with E-state index in [1.165, 1.54) is 24.0 Å². The number of benzene rings is 4. The summed E-state index contributed by atoms with van der Waals surface area (Å²) in [5.41, 5.74) is -3.17. The summed E-state index contributed by atoms with van der Waals surface area (Å²) in [5, 5.41) is 102. The largest absolute Gasteiger partial charge is 0.504 e. The van der Waals surface area contributed by atoms with Crippen LogP contribution in [0.3, 0.4) is 0 Å². The van der Waals surface area contributed by atoms with Crippen molar-refractivity contribution < 1.29 is 88.7 Å². The minimum atomic E-state index is -0.941. The predicted molar refractivity (Wildman–Crippen MR) is 267 cm³/mol. The summed E-state index contributed by atoms with van der Waals surface area (Å²) in [6, 6.07) is 8.82. The second kappa shape index (κ2) is 27.3. The summed E-state index contributed by atoms with van der Waals surface area (Å²) in [7, 11) is 2.83.